The lowest BCUT2D eigenvalue weighted by Gasteiger charge is -2.15. The molecule has 3 heterocycles. The molecular weight excluding hydrogens is 396 g/mol. The van der Waals surface area contributed by atoms with Crippen LogP contribution in [-0.4, -0.2) is 30.9 Å². The summed E-state index contributed by atoms with van der Waals surface area (Å²) in [6.45, 7) is 1.61. The van der Waals surface area contributed by atoms with Crippen LogP contribution in [0.5, 0.6) is 0 Å². The molecule has 1 aromatic carbocycles. The molecule has 2 N–H and O–H groups in total. The smallest absolute Gasteiger partial charge is 0.267 e. The first kappa shape index (κ1) is 19.9. The van der Waals surface area contributed by atoms with Gasteiger partial charge in [-0.3, -0.25) is 19.4 Å². The van der Waals surface area contributed by atoms with Crippen molar-refractivity contribution in [1.82, 2.24) is 25.0 Å². The van der Waals surface area contributed by atoms with E-state index in [1.54, 1.807) is 67.8 Å². The Morgan fingerprint density at radius 2 is 1.58 bits per heavy atom. The van der Waals surface area contributed by atoms with Crippen molar-refractivity contribution >= 4 is 11.6 Å². The number of hydrogen-bond donors (Lipinski definition) is 2. The number of carbonyl (C=O) groups is 1. The third-order valence-corrected chi connectivity index (χ3v) is 4.67. The van der Waals surface area contributed by atoms with Crippen molar-refractivity contribution in [3.8, 4) is 22.5 Å². The summed E-state index contributed by atoms with van der Waals surface area (Å²) in [4.78, 5) is 40.1. The molecule has 31 heavy (non-hydrogen) atoms. The van der Waals surface area contributed by atoms with Crippen molar-refractivity contribution < 1.29 is 4.79 Å². The summed E-state index contributed by atoms with van der Waals surface area (Å²) in [5.74, 6) is -0.378. The number of aromatic nitrogens is 5. The number of benzene rings is 1. The number of H-pyrrole nitrogens is 1. The lowest BCUT2D eigenvalue weighted by Crippen LogP contribution is -2.33. The molecule has 0 fully saturated rings. The van der Waals surface area contributed by atoms with E-state index in [-0.39, 0.29) is 17.0 Å². The fourth-order valence-corrected chi connectivity index (χ4v) is 2.97. The highest BCUT2D eigenvalue weighted by Crippen LogP contribution is 2.19. The maximum Gasteiger partial charge on any atom is 0.267 e. The predicted octanol–water partition coefficient (Wildman–Crippen LogP) is 2.26. The standard InChI is InChI=1S/C22H18N6O3/c1-14(28-21(30)9-7-19(27-28)16-10-12-23-13-11-16)22(31)24-17-4-2-15(3-5-17)18-6-8-20(29)26-25-18/h2-14H,1H3,(H,24,31)(H,26,29). The summed E-state index contributed by atoms with van der Waals surface area (Å²) in [5.41, 5.74) is 2.66. The van der Waals surface area contributed by atoms with E-state index >= 15 is 0 Å². The first-order chi connectivity index (χ1) is 15.0. The number of aromatic amines is 1. The largest absolute Gasteiger partial charge is 0.324 e. The minimum atomic E-state index is -0.824. The Kier molecular flexibility index (Phi) is 5.48. The zero-order valence-electron chi connectivity index (χ0n) is 16.5. The molecule has 9 nitrogen and oxygen atoms in total. The third kappa shape index (κ3) is 4.45. The highest BCUT2D eigenvalue weighted by atomic mass is 16.2. The van der Waals surface area contributed by atoms with Gasteiger partial charge in [0.05, 0.1) is 11.4 Å². The summed E-state index contributed by atoms with van der Waals surface area (Å²) in [6, 6.07) is 15.7. The van der Waals surface area contributed by atoms with Crippen LogP contribution < -0.4 is 16.4 Å². The predicted molar refractivity (Wildman–Crippen MR) is 115 cm³/mol. The first-order valence-electron chi connectivity index (χ1n) is 9.48. The summed E-state index contributed by atoms with van der Waals surface area (Å²) >= 11 is 0. The molecule has 0 aliphatic heterocycles. The average molecular weight is 414 g/mol. The highest BCUT2D eigenvalue weighted by Gasteiger charge is 2.18. The molecule has 1 atom stereocenters. The van der Waals surface area contributed by atoms with Crippen LogP contribution in [-0.2, 0) is 4.79 Å². The molecule has 3 aromatic heterocycles. The molecule has 154 valence electrons. The molecule has 9 heteroatoms. The molecule has 0 aliphatic carbocycles. The van der Waals surface area contributed by atoms with Crippen LogP contribution in [0.15, 0.2) is 82.6 Å². The molecule has 0 saturated heterocycles. The number of anilines is 1. The lowest BCUT2D eigenvalue weighted by atomic mass is 10.1. The molecule has 0 saturated carbocycles. The van der Waals surface area contributed by atoms with Crippen LogP contribution in [0.2, 0.25) is 0 Å². The zero-order valence-corrected chi connectivity index (χ0v) is 16.5. The number of rotatable bonds is 5. The van der Waals surface area contributed by atoms with Crippen LogP contribution in [0.1, 0.15) is 13.0 Å². The lowest BCUT2D eigenvalue weighted by molar-refractivity contribution is -0.119. The monoisotopic (exact) mass is 414 g/mol. The van der Waals surface area contributed by atoms with Gasteiger partial charge in [0.25, 0.3) is 11.1 Å². The summed E-state index contributed by atoms with van der Waals surface area (Å²) in [6.07, 6.45) is 3.27. The Morgan fingerprint density at radius 3 is 2.26 bits per heavy atom. The van der Waals surface area contributed by atoms with Crippen LogP contribution in [0.4, 0.5) is 5.69 Å². The van der Waals surface area contributed by atoms with Crippen LogP contribution in [0, 0.1) is 0 Å². The van der Waals surface area contributed by atoms with Gasteiger partial charge in [0, 0.05) is 41.3 Å². The number of pyridine rings is 1. The Hall–Kier alpha value is -4.40. The quantitative estimate of drug-likeness (QED) is 0.516. The Morgan fingerprint density at radius 1 is 0.903 bits per heavy atom. The topological polar surface area (TPSA) is 123 Å². The van der Waals surface area contributed by atoms with Gasteiger partial charge in [0.15, 0.2) is 0 Å². The Bertz CT molecular complexity index is 1310. The second kappa shape index (κ2) is 8.54. The SMILES string of the molecule is CC(C(=O)Nc1ccc(-c2ccc(=O)[nH]n2)cc1)n1nc(-c2ccncc2)ccc1=O. The van der Waals surface area contributed by atoms with Gasteiger partial charge in [-0.05, 0) is 43.3 Å². The van der Waals surface area contributed by atoms with Gasteiger partial charge in [-0.1, -0.05) is 12.1 Å². The molecule has 1 unspecified atom stereocenters. The van der Waals surface area contributed by atoms with Crippen molar-refractivity contribution in [2.75, 3.05) is 5.32 Å². The van der Waals surface area contributed by atoms with Crippen LogP contribution in [0.25, 0.3) is 22.5 Å². The number of carbonyl (C=O) groups excluding carboxylic acids is 1. The Labute approximate surface area is 176 Å². The van der Waals surface area contributed by atoms with Crippen LogP contribution in [0.3, 0.4) is 0 Å². The second-order valence-corrected chi connectivity index (χ2v) is 6.79. The Balaban J connectivity index is 1.52. The zero-order chi connectivity index (χ0) is 21.8. The summed E-state index contributed by atoms with van der Waals surface area (Å²) in [5, 5.41) is 13.5. The fourth-order valence-electron chi connectivity index (χ4n) is 2.97. The molecule has 1 amide bonds. The van der Waals surface area contributed by atoms with Gasteiger partial charge < -0.3 is 5.32 Å². The number of nitrogens with zero attached hydrogens (tertiary/aromatic N) is 4. The molecule has 0 spiro atoms. The normalized spacial score (nSPS) is 11.6. The van der Waals surface area contributed by atoms with E-state index in [2.05, 4.69) is 25.6 Å². The summed E-state index contributed by atoms with van der Waals surface area (Å²) < 4.78 is 1.16. The van der Waals surface area contributed by atoms with Crippen molar-refractivity contribution in [3.63, 3.8) is 0 Å². The number of nitrogens with one attached hydrogen (secondary N) is 2. The third-order valence-electron chi connectivity index (χ3n) is 4.67. The van der Waals surface area contributed by atoms with E-state index in [1.165, 1.54) is 12.1 Å². The number of amides is 1. The fraction of sp³-hybridized carbons (Fsp3) is 0.0909. The molecular formula is C22H18N6O3. The van der Waals surface area contributed by atoms with Gasteiger partial charge in [-0.25, -0.2) is 9.78 Å². The van der Waals surface area contributed by atoms with Crippen molar-refractivity contribution in [2.24, 2.45) is 0 Å². The van der Waals surface area contributed by atoms with Gasteiger partial charge in [0.2, 0.25) is 5.91 Å². The minimum absolute atomic E-state index is 0.279. The molecule has 0 aliphatic rings. The summed E-state index contributed by atoms with van der Waals surface area (Å²) in [7, 11) is 0. The maximum absolute atomic E-state index is 12.7. The maximum atomic E-state index is 12.7. The van der Waals surface area contributed by atoms with E-state index in [1.807, 2.05) is 0 Å². The first-order valence-corrected chi connectivity index (χ1v) is 9.48. The molecule has 4 rings (SSSR count). The van der Waals surface area contributed by atoms with Crippen LogP contribution >= 0.6 is 0 Å². The van der Waals surface area contributed by atoms with Gasteiger partial charge >= 0.3 is 0 Å². The molecule has 4 aromatic rings. The van der Waals surface area contributed by atoms with Crippen molar-refractivity contribution in [3.05, 3.63) is 93.8 Å². The van der Waals surface area contributed by atoms with E-state index in [9.17, 15) is 14.4 Å². The average Bonchev–Trinajstić information content (AvgIpc) is 2.80. The van der Waals surface area contributed by atoms with Gasteiger partial charge in [-0.15, -0.1) is 0 Å². The van der Waals surface area contributed by atoms with E-state index in [4.69, 9.17) is 0 Å². The number of hydrogen-bond acceptors (Lipinski definition) is 6. The van der Waals surface area contributed by atoms with Crippen molar-refractivity contribution in [2.45, 2.75) is 13.0 Å². The van der Waals surface area contributed by atoms with Gasteiger partial charge in [-0.2, -0.15) is 10.2 Å². The van der Waals surface area contributed by atoms with Gasteiger partial charge in [0.1, 0.15) is 6.04 Å². The minimum Gasteiger partial charge on any atom is -0.324 e. The van der Waals surface area contributed by atoms with Crippen molar-refractivity contribution in [1.29, 1.82) is 0 Å². The van der Waals surface area contributed by atoms with E-state index in [0.717, 1.165) is 15.8 Å². The molecule has 0 radical (unpaired) electrons. The van der Waals surface area contributed by atoms with E-state index < -0.39 is 6.04 Å². The van der Waals surface area contributed by atoms with E-state index in [0.29, 0.717) is 17.1 Å². The highest BCUT2D eigenvalue weighted by molar-refractivity contribution is 5.93. The molecule has 0 bridgehead atoms. The second-order valence-electron chi connectivity index (χ2n) is 6.79.